The van der Waals surface area contributed by atoms with Crippen LogP contribution in [0.25, 0.3) is 0 Å². The van der Waals surface area contributed by atoms with Crippen molar-refractivity contribution in [2.75, 3.05) is 0 Å². The molecule has 4 aromatic carbocycles. The molecule has 0 N–H and O–H groups in total. The molecule has 0 nitrogen and oxygen atoms in total. The first-order valence-corrected chi connectivity index (χ1v) is 19.1. The SMILES string of the molecule is Cc1cc(C)cc(P(c2cc(C)cc(C)c2)[C@@H](C)C2=C(P(c3cc(C(F)(F)F)cc(C(F)(F)F)c3)c3cc(C(F)(F)F)cc(C(F)(F)F)c3)CCC2)c1. The van der Waals surface area contributed by atoms with Crippen LogP contribution in [0.1, 0.15) is 70.7 Å². The molecule has 0 heterocycles. The zero-order valence-corrected chi connectivity index (χ0v) is 30.8. The lowest BCUT2D eigenvalue weighted by atomic mass is 10.1. The Hall–Kier alpha value is -3.36. The van der Waals surface area contributed by atoms with Gasteiger partial charge in [0, 0.05) is 5.66 Å². The molecule has 0 radical (unpaired) electrons. The van der Waals surface area contributed by atoms with E-state index in [1.807, 2.05) is 71.0 Å². The third-order valence-corrected chi connectivity index (χ3v) is 14.3. The summed E-state index contributed by atoms with van der Waals surface area (Å²) in [5, 5.41) is 0.843. The Balaban J connectivity index is 1.87. The normalized spacial score (nSPS) is 15.2. The number of hydrogen-bond donors (Lipinski definition) is 0. The molecule has 53 heavy (non-hydrogen) atoms. The average molecular weight is 793 g/mol. The van der Waals surface area contributed by atoms with Crippen LogP contribution in [-0.2, 0) is 24.7 Å². The van der Waals surface area contributed by atoms with Crippen LogP contribution < -0.4 is 21.2 Å². The maximum atomic E-state index is 14.2. The monoisotopic (exact) mass is 792 g/mol. The van der Waals surface area contributed by atoms with Crippen LogP contribution >= 0.6 is 15.8 Å². The lowest BCUT2D eigenvalue weighted by molar-refractivity contribution is -0.144. The first-order chi connectivity index (χ1) is 24.3. The Labute approximate surface area is 301 Å². The fourth-order valence-electron chi connectivity index (χ4n) is 6.98. The Kier molecular flexibility index (Phi) is 11.3. The summed E-state index contributed by atoms with van der Waals surface area (Å²) in [5.41, 5.74) is -2.90. The molecule has 14 heteroatoms. The predicted octanol–water partition coefficient (Wildman–Crippen LogP) is 12.4. The van der Waals surface area contributed by atoms with Gasteiger partial charge in [-0.1, -0.05) is 71.1 Å². The number of halogens is 12. The lowest BCUT2D eigenvalue weighted by Crippen LogP contribution is -2.25. The Morgan fingerprint density at radius 1 is 0.434 bits per heavy atom. The van der Waals surface area contributed by atoms with Crippen LogP contribution in [0.3, 0.4) is 0 Å². The molecule has 5 rings (SSSR count). The number of aryl methyl sites for hydroxylation is 4. The minimum Gasteiger partial charge on any atom is -0.166 e. The molecule has 0 spiro atoms. The van der Waals surface area contributed by atoms with Gasteiger partial charge in [0.15, 0.2) is 0 Å². The third kappa shape index (κ3) is 9.30. The van der Waals surface area contributed by atoms with E-state index in [1.54, 1.807) is 0 Å². The number of benzene rings is 4. The van der Waals surface area contributed by atoms with Crippen molar-refractivity contribution in [1.82, 2.24) is 0 Å². The molecule has 284 valence electrons. The maximum absolute atomic E-state index is 14.2. The van der Waals surface area contributed by atoms with Gasteiger partial charge in [-0.2, -0.15) is 52.7 Å². The molecule has 4 aromatic rings. The summed E-state index contributed by atoms with van der Waals surface area (Å²) in [6, 6.07) is 13.4. The zero-order chi connectivity index (χ0) is 39.4. The van der Waals surface area contributed by atoms with Crippen molar-refractivity contribution in [3.63, 3.8) is 0 Å². The van der Waals surface area contributed by atoms with Crippen LogP contribution in [0.2, 0.25) is 0 Å². The molecular formula is C39H34F12P2. The van der Waals surface area contributed by atoms with E-state index in [2.05, 4.69) is 0 Å². The second-order valence-corrected chi connectivity index (χ2v) is 18.2. The molecular weight excluding hydrogens is 758 g/mol. The number of allylic oxidation sites excluding steroid dienone is 2. The summed E-state index contributed by atoms with van der Waals surface area (Å²) < 4.78 is 170. The number of hydrogen-bond acceptors (Lipinski definition) is 0. The number of alkyl halides is 12. The number of rotatable bonds is 7. The van der Waals surface area contributed by atoms with Crippen LogP contribution in [0.4, 0.5) is 52.7 Å². The van der Waals surface area contributed by atoms with Crippen molar-refractivity contribution in [3.05, 3.63) is 128 Å². The second kappa shape index (κ2) is 14.7. The van der Waals surface area contributed by atoms with Gasteiger partial charge in [0.2, 0.25) is 0 Å². The summed E-state index contributed by atoms with van der Waals surface area (Å²) in [7, 11) is -4.12. The van der Waals surface area contributed by atoms with Gasteiger partial charge in [-0.05, 0) is 126 Å². The minimum atomic E-state index is -5.30. The molecule has 0 saturated carbocycles. The molecule has 0 saturated heterocycles. The average Bonchev–Trinajstić information content (AvgIpc) is 3.48. The van der Waals surface area contributed by atoms with Gasteiger partial charge < -0.3 is 0 Å². The van der Waals surface area contributed by atoms with Crippen molar-refractivity contribution in [2.24, 2.45) is 0 Å². The van der Waals surface area contributed by atoms with Gasteiger partial charge in [-0.25, -0.2) is 0 Å². The highest BCUT2D eigenvalue weighted by Gasteiger charge is 2.42. The van der Waals surface area contributed by atoms with E-state index in [0.29, 0.717) is 42.7 Å². The molecule has 0 amide bonds. The maximum Gasteiger partial charge on any atom is 0.416 e. The van der Waals surface area contributed by atoms with E-state index in [0.717, 1.165) is 32.9 Å². The summed E-state index contributed by atoms with van der Waals surface area (Å²) in [5.74, 6) is 0. The molecule has 0 aliphatic heterocycles. The van der Waals surface area contributed by atoms with Crippen molar-refractivity contribution >= 4 is 37.1 Å². The van der Waals surface area contributed by atoms with Crippen LogP contribution in [-0.4, -0.2) is 5.66 Å². The van der Waals surface area contributed by atoms with Gasteiger partial charge in [-0.3, -0.25) is 0 Å². The lowest BCUT2D eigenvalue weighted by Gasteiger charge is -2.31. The van der Waals surface area contributed by atoms with Crippen molar-refractivity contribution < 1.29 is 52.7 Å². The Morgan fingerprint density at radius 3 is 1.06 bits per heavy atom. The predicted molar refractivity (Wildman–Crippen MR) is 187 cm³/mol. The van der Waals surface area contributed by atoms with E-state index in [9.17, 15) is 52.7 Å². The van der Waals surface area contributed by atoms with Gasteiger partial charge in [0.05, 0.1) is 22.3 Å². The quantitative estimate of drug-likeness (QED) is 0.129. The van der Waals surface area contributed by atoms with Crippen molar-refractivity contribution in [3.8, 4) is 0 Å². The second-order valence-electron chi connectivity index (χ2n) is 13.4. The molecule has 1 atom stereocenters. The van der Waals surface area contributed by atoms with Crippen LogP contribution in [0.15, 0.2) is 83.7 Å². The summed E-state index contributed by atoms with van der Waals surface area (Å²) in [6.45, 7) is 9.51. The van der Waals surface area contributed by atoms with Crippen LogP contribution in [0, 0.1) is 27.7 Å². The Morgan fingerprint density at radius 2 is 0.755 bits per heavy atom. The smallest absolute Gasteiger partial charge is 0.166 e. The van der Waals surface area contributed by atoms with Gasteiger partial charge in [0.1, 0.15) is 0 Å². The molecule has 1 aliphatic carbocycles. The van der Waals surface area contributed by atoms with Crippen molar-refractivity contribution in [2.45, 2.75) is 84.2 Å². The molecule has 1 aliphatic rings. The fraction of sp³-hybridized carbons (Fsp3) is 0.333. The summed E-state index contributed by atoms with van der Waals surface area (Å²) >= 11 is 0. The first kappa shape index (κ1) is 40.8. The van der Waals surface area contributed by atoms with Crippen LogP contribution in [0.5, 0.6) is 0 Å². The van der Waals surface area contributed by atoms with E-state index < -0.39 is 79.1 Å². The standard InChI is InChI=1S/C39H34F12P2/c1-21-9-22(2)12-30(11-21)52(31-13-23(3)10-24(4)14-31)25(5)34-7-6-8-35(34)53(32-17-26(36(40,41)42)15-27(18-32)37(43,44)45)33-19-28(38(46,47)48)16-29(20-33)39(49,50)51/h9-20,25H,6-8H2,1-5H3/t25-/m0/s1. The van der Waals surface area contributed by atoms with Crippen molar-refractivity contribution in [1.29, 1.82) is 0 Å². The highest BCUT2D eigenvalue weighted by molar-refractivity contribution is 7.77. The Bertz CT molecular complexity index is 1800. The zero-order valence-electron chi connectivity index (χ0n) is 29.1. The van der Waals surface area contributed by atoms with Gasteiger partial charge in [0.25, 0.3) is 0 Å². The van der Waals surface area contributed by atoms with E-state index in [4.69, 9.17) is 0 Å². The summed E-state index contributed by atoms with van der Waals surface area (Å²) in [6.07, 6.45) is -20.5. The minimum absolute atomic E-state index is 0.0590. The van der Waals surface area contributed by atoms with E-state index >= 15 is 0 Å². The molecule has 0 aromatic heterocycles. The highest BCUT2D eigenvalue weighted by Crippen LogP contribution is 2.57. The molecule has 0 fully saturated rings. The van der Waals surface area contributed by atoms with E-state index in [-0.39, 0.29) is 23.9 Å². The summed E-state index contributed by atoms with van der Waals surface area (Å²) in [4.78, 5) is 0. The fourth-order valence-corrected chi connectivity index (χ4v) is 13.2. The third-order valence-electron chi connectivity index (χ3n) is 9.02. The van der Waals surface area contributed by atoms with Gasteiger partial charge in [-0.15, -0.1) is 0 Å². The highest BCUT2D eigenvalue weighted by atomic mass is 31.1. The topological polar surface area (TPSA) is 0 Å². The first-order valence-electron chi connectivity index (χ1n) is 16.4. The molecule has 0 bridgehead atoms. The van der Waals surface area contributed by atoms with Gasteiger partial charge >= 0.3 is 24.7 Å². The largest absolute Gasteiger partial charge is 0.416 e. The molecule has 0 unspecified atom stereocenters. The van der Waals surface area contributed by atoms with E-state index in [1.165, 1.54) is 0 Å².